The van der Waals surface area contributed by atoms with E-state index in [0.29, 0.717) is 5.92 Å². The Morgan fingerprint density at radius 2 is 2.03 bits per heavy atom. The number of nitrogens with one attached hydrogen (secondary N) is 1. The molecule has 0 spiro atoms. The fourth-order valence-corrected chi connectivity index (χ4v) is 4.90. The van der Waals surface area contributed by atoms with Crippen molar-refractivity contribution in [2.75, 3.05) is 20.2 Å². The van der Waals surface area contributed by atoms with Gasteiger partial charge in [0.2, 0.25) is 0 Å². The second-order valence-corrected chi connectivity index (χ2v) is 8.57. The first-order valence-electron chi connectivity index (χ1n) is 11.2. The molecule has 1 N–H and O–H groups in total. The molecular weight excluding hydrogens is 388 g/mol. The van der Waals surface area contributed by atoms with Crippen LogP contribution in [-0.2, 0) is 6.54 Å². The number of fused-ring (bicyclic) bond motifs is 1. The van der Waals surface area contributed by atoms with Gasteiger partial charge in [0.1, 0.15) is 11.6 Å². The Balaban J connectivity index is 1.37. The zero-order chi connectivity index (χ0) is 21.2. The molecule has 0 amide bonds. The fraction of sp³-hybridized carbons (Fsp3) is 0.458. The molecule has 0 radical (unpaired) electrons. The molecule has 0 bridgehead atoms. The standard InChI is InChI=1S/C24H30N6O/c1-17-15-29(16-26-17)21-7-5-18(14-22(21)31-2)6-8-23-27-24-20(4-3-13-30(24)28-23)19-9-11-25-12-10-19/h5-8,14-16,19-20,25H,3-4,9-13H2,1-2H3/b8-6+. The summed E-state index contributed by atoms with van der Waals surface area (Å²) in [6.45, 7) is 5.20. The summed E-state index contributed by atoms with van der Waals surface area (Å²) in [7, 11) is 1.70. The van der Waals surface area contributed by atoms with E-state index in [-0.39, 0.29) is 0 Å². The van der Waals surface area contributed by atoms with Crippen LogP contribution >= 0.6 is 0 Å². The smallest absolute Gasteiger partial charge is 0.174 e. The Hall–Kier alpha value is -2.93. The third kappa shape index (κ3) is 4.14. The number of rotatable bonds is 5. The summed E-state index contributed by atoms with van der Waals surface area (Å²) >= 11 is 0. The average molecular weight is 419 g/mol. The molecule has 1 aromatic carbocycles. The molecule has 0 saturated carbocycles. The molecule has 2 aromatic heterocycles. The van der Waals surface area contributed by atoms with Crippen molar-refractivity contribution in [2.45, 2.75) is 45.1 Å². The number of piperidine rings is 1. The van der Waals surface area contributed by atoms with Crippen LogP contribution in [0.1, 0.15) is 54.5 Å². The lowest BCUT2D eigenvalue weighted by molar-refractivity contribution is 0.264. The predicted octanol–water partition coefficient (Wildman–Crippen LogP) is 3.83. The van der Waals surface area contributed by atoms with Gasteiger partial charge in [-0.05, 0) is 75.4 Å². The quantitative estimate of drug-likeness (QED) is 0.682. The minimum Gasteiger partial charge on any atom is -0.495 e. The molecule has 7 heteroatoms. The third-order valence-electron chi connectivity index (χ3n) is 6.50. The van der Waals surface area contributed by atoms with Crippen LogP contribution in [0, 0.1) is 12.8 Å². The number of hydrogen-bond acceptors (Lipinski definition) is 5. The molecule has 2 aliphatic heterocycles. The molecule has 5 rings (SSSR count). The zero-order valence-corrected chi connectivity index (χ0v) is 18.3. The first kappa shape index (κ1) is 20.0. The first-order chi connectivity index (χ1) is 15.2. The Kier molecular flexibility index (Phi) is 5.59. The predicted molar refractivity (Wildman–Crippen MR) is 121 cm³/mol. The van der Waals surface area contributed by atoms with E-state index in [4.69, 9.17) is 14.8 Å². The van der Waals surface area contributed by atoms with Gasteiger partial charge in [0, 0.05) is 18.7 Å². The SMILES string of the molecule is COc1cc(/C=C/c2nc3n(n2)CCCC3C2CCNCC2)ccc1-n1cnc(C)c1. The van der Waals surface area contributed by atoms with Crippen molar-refractivity contribution in [3.8, 4) is 11.4 Å². The van der Waals surface area contributed by atoms with Crippen molar-refractivity contribution in [3.05, 3.63) is 53.6 Å². The Labute approximate surface area is 183 Å². The number of imidazole rings is 1. The van der Waals surface area contributed by atoms with Gasteiger partial charge in [0.15, 0.2) is 5.82 Å². The highest BCUT2D eigenvalue weighted by atomic mass is 16.5. The molecule has 1 fully saturated rings. The van der Waals surface area contributed by atoms with Crippen molar-refractivity contribution in [2.24, 2.45) is 5.92 Å². The number of hydrogen-bond donors (Lipinski definition) is 1. The summed E-state index contributed by atoms with van der Waals surface area (Å²) in [5, 5.41) is 8.26. The number of nitrogens with zero attached hydrogens (tertiary/aromatic N) is 5. The summed E-state index contributed by atoms with van der Waals surface area (Å²) in [5.74, 6) is 4.06. The van der Waals surface area contributed by atoms with E-state index in [1.807, 2.05) is 29.8 Å². The Bertz CT molecular complexity index is 1080. The summed E-state index contributed by atoms with van der Waals surface area (Å²) in [6.07, 6.45) is 12.8. The van der Waals surface area contributed by atoms with E-state index in [9.17, 15) is 0 Å². The van der Waals surface area contributed by atoms with Crippen LogP contribution in [0.3, 0.4) is 0 Å². The lowest BCUT2D eigenvalue weighted by Crippen LogP contribution is -2.33. The second-order valence-electron chi connectivity index (χ2n) is 8.57. The molecule has 0 aliphatic carbocycles. The number of aryl methyl sites for hydroxylation is 2. The van der Waals surface area contributed by atoms with Crippen LogP contribution < -0.4 is 10.1 Å². The minimum absolute atomic E-state index is 0.545. The normalized spacial score (nSPS) is 19.6. The monoisotopic (exact) mass is 418 g/mol. The van der Waals surface area contributed by atoms with E-state index in [1.165, 1.54) is 31.5 Å². The van der Waals surface area contributed by atoms with Gasteiger partial charge in [-0.3, -0.25) is 0 Å². The molecule has 1 unspecified atom stereocenters. The fourth-order valence-electron chi connectivity index (χ4n) is 4.90. The molecular formula is C24H30N6O. The van der Waals surface area contributed by atoms with Crippen LogP contribution in [0.15, 0.2) is 30.7 Å². The summed E-state index contributed by atoms with van der Waals surface area (Å²) in [5.41, 5.74) is 3.00. The van der Waals surface area contributed by atoms with E-state index in [0.717, 1.165) is 54.1 Å². The van der Waals surface area contributed by atoms with Gasteiger partial charge >= 0.3 is 0 Å². The van der Waals surface area contributed by atoms with Crippen LogP contribution in [0.25, 0.3) is 17.8 Å². The molecule has 3 aromatic rings. The maximum Gasteiger partial charge on any atom is 0.174 e. The largest absolute Gasteiger partial charge is 0.495 e. The maximum absolute atomic E-state index is 5.63. The lowest BCUT2D eigenvalue weighted by Gasteiger charge is -2.32. The highest BCUT2D eigenvalue weighted by Crippen LogP contribution is 2.36. The zero-order valence-electron chi connectivity index (χ0n) is 18.3. The molecule has 7 nitrogen and oxygen atoms in total. The third-order valence-corrected chi connectivity index (χ3v) is 6.50. The van der Waals surface area contributed by atoms with E-state index >= 15 is 0 Å². The van der Waals surface area contributed by atoms with Gasteiger partial charge < -0.3 is 14.6 Å². The topological polar surface area (TPSA) is 69.8 Å². The van der Waals surface area contributed by atoms with Gasteiger partial charge in [-0.15, -0.1) is 0 Å². The molecule has 31 heavy (non-hydrogen) atoms. The van der Waals surface area contributed by atoms with Crippen molar-refractivity contribution in [1.29, 1.82) is 0 Å². The van der Waals surface area contributed by atoms with Crippen LogP contribution in [0.5, 0.6) is 5.75 Å². The first-order valence-corrected chi connectivity index (χ1v) is 11.2. The van der Waals surface area contributed by atoms with Gasteiger partial charge in [-0.2, -0.15) is 5.10 Å². The Morgan fingerprint density at radius 3 is 2.81 bits per heavy atom. The van der Waals surface area contributed by atoms with E-state index in [2.05, 4.69) is 33.2 Å². The molecule has 4 heterocycles. The van der Waals surface area contributed by atoms with E-state index in [1.54, 1.807) is 13.4 Å². The number of benzene rings is 1. The van der Waals surface area contributed by atoms with E-state index < -0.39 is 0 Å². The number of ether oxygens (including phenoxy) is 1. The Morgan fingerprint density at radius 1 is 1.16 bits per heavy atom. The highest BCUT2D eigenvalue weighted by molar-refractivity contribution is 5.69. The molecule has 1 saturated heterocycles. The van der Waals surface area contributed by atoms with Gasteiger partial charge in [0.25, 0.3) is 0 Å². The van der Waals surface area contributed by atoms with Crippen molar-refractivity contribution >= 4 is 12.2 Å². The van der Waals surface area contributed by atoms with Crippen molar-refractivity contribution in [3.63, 3.8) is 0 Å². The number of methoxy groups -OCH3 is 1. The van der Waals surface area contributed by atoms with Crippen molar-refractivity contribution in [1.82, 2.24) is 29.6 Å². The highest BCUT2D eigenvalue weighted by Gasteiger charge is 2.31. The maximum atomic E-state index is 5.63. The van der Waals surface area contributed by atoms with Crippen LogP contribution in [-0.4, -0.2) is 44.5 Å². The summed E-state index contributed by atoms with van der Waals surface area (Å²) in [6, 6.07) is 6.17. The molecule has 2 aliphatic rings. The number of aromatic nitrogens is 5. The molecule has 1 atom stereocenters. The van der Waals surface area contributed by atoms with Crippen LogP contribution in [0.4, 0.5) is 0 Å². The minimum atomic E-state index is 0.545. The van der Waals surface area contributed by atoms with Gasteiger partial charge in [-0.25, -0.2) is 14.6 Å². The van der Waals surface area contributed by atoms with Gasteiger partial charge in [0.05, 0.1) is 24.8 Å². The summed E-state index contributed by atoms with van der Waals surface area (Å²) in [4.78, 5) is 9.24. The van der Waals surface area contributed by atoms with Gasteiger partial charge in [-0.1, -0.05) is 12.1 Å². The average Bonchev–Trinajstić information content (AvgIpc) is 3.43. The molecule has 162 valence electrons. The van der Waals surface area contributed by atoms with Crippen molar-refractivity contribution < 1.29 is 4.74 Å². The van der Waals surface area contributed by atoms with Crippen LogP contribution in [0.2, 0.25) is 0 Å². The summed E-state index contributed by atoms with van der Waals surface area (Å²) < 4.78 is 9.75. The second kappa shape index (κ2) is 8.67. The lowest BCUT2D eigenvalue weighted by atomic mass is 9.80.